The first-order chi connectivity index (χ1) is 8.50. The van der Waals surface area contributed by atoms with Gasteiger partial charge in [-0.2, -0.15) is 5.10 Å². The maximum absolute atomic E-state index is 4.35. The maximum Gasteiger partial charge on any atom is 0.0537 e. The lowest BCUT2D eigenvalue weighted by molar-refractivity contribution is 0.200. The van der Waals surface area contributed by atoms with Crippen LogP contribution in [0.2, 0.25) is 0 Å². The third-order valence-corrected chi connectivity index (χ3v) is 4.30. The minimum absolute atomic E-state index is 0.413. The Morgan fingerprint density at radius 1 is 1.44 bits per heavy atom. The first kappa shape index (κ1) is 13.6. The van der Waals surface area contributed by atoms with Crippen LogP contribution < -0.4 is 5.32 Å². The quantitative estimate of drug-likeness (QED) is 0.884. The fourth-order valence-corrected chi connectivity index (χ4v) is 2.79. The van der Waals surface area contributed by atoms with Gasteiger partial charge >= 0.3 is 0 Å². The molecule has 102 valence electrons. The van der Waals surface area contributed by atoms with E-state index >= 15 is 0 Å². The third-order valence-electron chi connectivity index (χ3n) is 4.30. The van der Waals surface area contributed by atoms with Crippen LogP contribution >= 0.6 is 0 Å². The normalized spacial score (nSPS) is 22.0. The Morgan fingerprint density at radius 2 is 2.11 bits per heavy atom. The first-order valence-electron chi connectivity index (χ1n) is 7.28. The highest BCUT2D eigenvalue weighted by Crippen LogP contribution is 2.35. The van der Waals surface area contributed by atoms with Crippen LogP contribution in [0, 0.1) is 5.41 Å². The van der Waals surface area contributed by atoms with E-state index in [1.165, 1.54) is 31.2 Å². The average molecular weight is 249 g/mol. The van der Waals surface area contributed by atoms with E-state index in [2.05, 4.69) is 44.3 Å². The van der Waals surface area contributed by atoms with Gasteiger partial charge in [0, 0.05) is 30.4 Å². The number of rotatable bonds is 4. The summed E-state index contributed by atoms with van der Waals surface area (Å²) in [5, 5.41) is 8.11. The van der Waals surface area contributed by atoms with Crippen LogP contribution in [0.5, 0.6) is 0 Å². The Kier molecular flexibility index (Phi) is 4.10. The van der Waals surface area contributed by atoms with Gasteiger partial charge in [0.15, 0.2) is 0 Å². The summed E-state index contributed by atoms with van der Waals surface area (Å²) in [6.45, 7) is 10.1. The Labute approximate surface area is 111 Å². The Morgan fingerprint density at radius 3 is 2.67 bits per heavy atom. The van der Waals surface area contributed by atoms with Gasteiger partial charge in [-0.3, -0.25) is 4.68 Å². The lowest BCUT2D eigenvalue weighted by Gasteiger charge is -2.35. The predicted octanol–water partition coefficient (Wildman–Crippen LogP) is 3.52. The van der Waals surface area contributed by atoms with Gasteiger partial charge in [0.1, 0.15) is 0 Å². The highest BCUT2D eigenvalue weighted by molar-refractivity contribution is 5.09. The molecule has 1 atom stereocenters. The van der Waals surface area contributed by atoms with Gasteiger partial charge in [0.2, 0.25) is 0 Å². The van der Waals surface area contributed by atoms with Crippen LogP contribution in [0.1, 0.15) is 65.0 Å². The molecule has 1 heterocycles. The summed E-state index contributed by atoms with van der Waals surface area (Å²) >= 11 is 0. The summed E-state index contributed by atoms with van der Waals surface area (Å²) in [5.74, 6) is 0. The molecule has 18 heavy (non-hydrogen) atoms. The van der Waals surface area contributed by atoms with E-state index in [-0.39, 0.29) is 0 Å². The fourth-order valence-electron chi connectivity index (χ4n) is 2.79. The number of hydrogen-bond donors (Lipinski definition) is 1. The van der Waals surface area contributed by atoms with Crippen LogP contribution in [-0.2, 0) is 6.54 Å². The van der Waals surface area contributed by atoms with E-state index in [1.807, 2.05) is 10.9 Å². The first-order valence-corrected chi connectivity index (χ1v) is 7.28. The number of aromatic nitrogens is 2. The molecule has 0 spiro atoms. The summed E-state index contributed by atoms with van der Waals surface area (Å²) < 4.78 is 2.00. The Bertz CT molecular complexity index is 371. The zero-order valence-corrected chi connectivity index (χ0v) is 12.2. The predicted molar refractivity (Wildman–Crippen MR) is 75.5 cm³/mol. The van der Waals surface area contributed by atoms with Gasteiger partial charge in [0.25, 0.3) is 0 Å². The molecule has 0 aromatic carbocycles. The minimum atomic E-state index is 0.413. The summed E-state index contributed by atoms with van der Waals surface area (Å²) in [5.41, 5.74) is 1.86. The van der Waals surface area contributed by atoms with E-state index < -0.39 is 0 Å². The van der Waals surface area contributed by atoms with Crippen molar-refractivity contribution >= 4 is 0 Å². The summed E-state index contributed by atoms with van der Waals surface area (Å²) in [4.78, 5) is 0. The van der Waals surface area contributed by atoms with Crippen molar-refractivity contribution in [1.82, 2.24) is 15.1 Å². The van der Waals surface area contributed by atoms with Crippen LogP contribution in [0.4, 0.5) is 0 Å². The van der Waals surface area contributed by atoms with E-state index in [1.54, 1.807) is 0 Å². The van der Waals surface area contributed by atoms with Crippen molar-refractivity contribution in [2.45, 2.75) is 72.0 Å². The molecule has 1 aromatic rings. The number of aryl methyl sites for hydroxylation is 1. The molecule has 1 aliphatic carbocycles. The largest absolute Gasteiger partial charge is 0.307 e. The summed E-state index contributed by atoms with van der Waals surface area (Å²) in [6, 6.07) is 1.09. The molecule has 1 aromatic heterocycles. The van der Waals surface area contributed by atoms with Crippen LogP contribution in [0.25, 0.3) is 0 Å². The van der Waals surface area contributed by atoms with Gasteiger partial charge in [-0.15, -0.1) is 0 Å². The van der Waals surface area contributed by atoms with E-state index in [4.69, 9.17) is 0 Å². The number of nitrogens with one attached hydrogen (secondary N) is 1. The van der Waals surface area contributed by atoms with Crippen molar-refractivity contribution in [2.75, 3.05) is 0 Å². The molecule has 0 aliphatic heterocycles. The van der Waals surface area contributed by atoms with Crippen molar-refractivity contribution < 1.29 is 0 Å². The molecular weight excluding hydrogens is 222 g/mol. The molecule has 3 nitrogen and oxygen atoms in total. The second-order valence-electron chi connectivity index (χ2n) is 6.46. The molecule has 0 bridgehead atoms. The van der Waals surface area contributed by atoms with Crippen LogP contribution in [0.3, 0.4) is 0 Å². The van der Waals surface area contributed by atoms with Gasteiger partial charge in [-0.25, -0.2) is 0 Å². The standard InChI is InChI=1S/C15H27N3/c1-5-18-11-13(10-16-18)12(2)17-14-6-8-15(3,4)9-7-14/h10-12,14,17H,5-9H2,1-4H3. The average Bonchev–Trinajstić information content (AvgIpc) is 2.80. The highest BCUT2D eigenvalue weighted by atomic mass is 15.3. The van der Waals surface area contributed by atoms with Crippen molar-refractivity contribution in [2.24, 2.45) is 5.41 Å². The van der Waals surface area contributed by atoms with Crippen LogP contribution in [0.15, 0.2) is 12.4 Å². The van der Waals surface area contributed by atoms with Crippen molar-refractivity contribution in [3.8, 4) is 0 Å². The second kappa shape index (κ2) is 5.43. The highest BCUT2D eigenvalue weighted by Gasteiger charge is 2.27. The van der Waals surface area contributed by atoms with Crippen molar-refractivity contribution in [1.29, 1.82) is 0 Å². The van der Waals surface area contributed by atoms with E-state index in [9.17, 15) is 0 Å². The Hall–Kier alpha value is -0.830. The zero-order chi connectivity index (χ0) is 13.2. The van der Waals surface area contributed by atoms with E-state index in [0.717, 1.165) is 6.54 Å². The monoisotopic (exact) mass is 249 g/mol. The molecule has 2 rings (SSSR count). The molecule has 0 saturated heterocycles. The third kappa shape index (κ3) is 3.35. The molecule has 3 heteroatoms. The van der Waals surface area contributed by atoms with Crippen molar-refractivity contribution in [3.63, 3.8) is 0 Å². The second-order valence-corrected chi connectivity index (χ2v) is 6.46. The fraction of sp³-hybridized carbons (Fsp3) is 0.800. The molecule has 1 fully saturated rings. The minimum Gasteiger partial charge on any atom is -0.307 e. The topological polar surface area (TPSA) is 29.9 Å². The number of hydrogen-bond acceptors (Lipinski definition) is 2. The lowest BCUT2D eigenvalue weighted by atomic mass is 9.75. The lowest BCUT2D eigenvalue weighted by Crippen LogP contribution is -2.36. The molecule has 0 radical (unpaired) electrons. The van der Waals surface area contributed by atoms with Crippen molar-refractivity contribution in [3.05, 3.63) is 18.0 Å². The van der Waals surface area contributed by atoms with Gasteiger partial charge in [0.05, 0.1) is 6.20 Å². The molecule has 1 aliphatic rings. The van der Waals surface area contributed by atoms with Crippen LogP contribution in [-0.4, -0.2) is 15.8 Å². The molecule has 0 amide bonds. The maximum atomic E-state index is 4.35. The smallest absolute Gasteiger partial charge is 0.0537 e. The molecule has 1 unspecified atom stereocenters. The number of nitrogens with zero attached hydrogens (tertiary/aromatic N) is 2. The Balaban J connectivity index is 1.86. The molecule has 1 N–H and O–H groups in total. The van der Waals surface area contributed by atoms with E-state index in [0.29, 0.717) is 17.5 Å². The van der Waals surface area contributed by atoms with Gasteiger partial charge in [-0.1, -0.05) is 13.8 Å². The summed E-state index contributed by atoms with van der Waals surface area (Å²) in [6.07, 6.45) is 9.44. The summed E-state index contributed by atoms with van der Waals surface area (Å²) in [7, 11) is 0. The zero-order valence-electron chi connectivity index (χ0n) is 12.2. The SMILES string of the molecule is CCn1cc(C(C)NC2CCC(C)(C)CC2)cn1. The molecular formula is C15H27N3. The van der Waals surface area contributed by atoms with Gasteiger partial charge < -0.3 is 5.32 Å². The van der Waals surface area contributed by atoms with Gasteiger partial charge in [-0.05, 0) is 44.9 Å². The molecule has 1 saturated carbocycles.